The van der Waals surface area contributed by atoms with E-state index in [-0.39, 0.29) is 6.54 Å². The fraction of sp³-hybridized carbons (Fsp3) is 0.438. The third kappa shape index (κ3) is 6.03. The Morgan fingerprint density at radius 3 is 2.27 bits per heavy atom. The molecule has 0 aliphatic rings. The van der Waals surface area contributed by atoms with Gasteiger partial charge in [-0.3, -0.25) is 19.3 Å². The molecule has 0 spiro atoms. The first-order chi connectivity index (χ1) is 11.9. The van der Waals surface area contributed by atoms with Gasteiger partial charge < -0.3 is 15.3 Å². The molecule has 0 aliphatic heterocycles. The van der Waals surface area contributed by atoms with E-state index in [0.29, 0.717) is 0 Å². The van der Waals surface area contributed by atoms with Crippen molar-refractivity contribution in [2.24, 2.45) is 0 Å². The summed E-state index contributed by atoms with van der Waals surface area (Å²) in [5.41, 5.74) is -1.39. The average molecular weight is 375 g/mol. The summed E-state index contributed by atoms with van der Waals surface area (Å²) in [5, 5.41) is 11.0. The maximum Gasteiger partial charge on any atom is 0.418 e. The zero-order valence-corrected chi connectivity index (χ0v) is 14.5. The molecule has 10 heteroatoms. The molecule has 2 N–H and O–H groups in total. The Bertz CT molecular complexity index is 679. The summed E-state index contributed by atoms with van der Waals surface area (Å²) in [7, 11) is 2.74. The van der Waals surface area contributed by atoms with Gasteiger partial charge in [0.2, 0.25) is 11.8 Å². The van der Waals surface area contributed by atoms with Crippen LogP contribution in [0, 0.1) is 0 Å². The van der Waals surface area contributed by atoms with Gasteiger partial charge in [-0.1, -0.05) is 12.1 Å². The number of aliphatic carboxylic acids is 1. The number of carboxylic acids is 1. The van der Waals surface area contributed by atoms with E-state index in [0.717, 1.165) is 17.0 Å². The first kappa shape index (κ1) is 21.4. The van der Waals surface area contributed by atoms with Gasteiger partial charge in [-0.15, -0.1) is 0 Å². The molecule has 0 fully saturated rings. The minimum atomic E-state index is -4.62. The van der Waals surface area contributed by atoms with Gasteiger partial charge in [0.05, 0.1) is 24.3 Å². The first-order valence-corrected chi connectivity index (χ1v) is 7.56. The largest absolute Gasteiger partial charge is 0.480 e. The maximum atomic E-state index is 12.9. The lowest BCUT2D eigenvalue weighted by Crippen LogP contribution is -2.45. The number of anilines is 1. The Balaban J connectivity index is 2.68. The number of halogens is 3. The summed E-state index contributed by atoms with van der Waals surface area (Å²) in [6.45, 7) is 0.674. The van der Waals surface area contributed by atoms with Crippen LogP contribution in [-0.2, 0) is 20.6 Å². The van der Waals surface area contributed by atoms with Crippen LogP contribution in [0.3, 0.4) is 0 Å². The summed E-state index contributed by atoms with van der Waals surface area (Å²) in [6, 6.07) is 3.60. The van der Waals surface area contributed by atoms with E-state index in [2.05, 4.69) is 5.32 Å². The van der Waals surface area contributed by atoms with Crippen molar-refractivity contribution in [3.05, 3.63) is 29.8 Å². The van der Waals surface area contributed by atoms with Crippen LogP contribution in [-0.4, -0.2) is 65.9 Å². The van der Waals surface area contributed by atoms with Crippen molar-refractivity contribution in [2.45, 2.75) is 19.1 Å². The smallest absolute Gasteiger partial charge is 0.418 e. The van der Waals surface area contributed by atoms with Crippen molar-refractivity contribution in [2.75, 3.05) is 32.5 Å². The van der Waals surface area contributed by atoms with Crippen LogP contribution in [0.1, 0.15) is 12.5 Å². The van der Waals surface area contributed by atoms with Crippen LogP contribution in [0.25, 0.3) is 0 Å². The second-order valence-electron chi connectivity index (χ2n) is 5.77. The van der Waals surface area contributed by atoms with Crippen molar-refractivity contribution in [1.82, 2.24) is 9.80 Å². The Morgan fingerprint density at radius 2 is 1.73 bits per heavy atom. The maximum absolute atomic E-state index is 12.9. The van der Waals surface area contributed by atoms with Gasteiger partial charge in [-0.25, -0.2) is 0 Å². The number of carboxylic acid groups (broad SMARTS) is 1. The third-order valence-electron chi connectivity index (χ3n) is 3.72. The Kier molecular flexibility index (Phi) is 7.13. The minimum Gasteiger partial charge on any atom is -0.480 e. The number of amides is 2. The van der Waals surface area contributed by atoms with Crippen LogP contribution in [0.15, 0.2) is 24.3 Å². The van der Waals surface area contributed by atoms with Gasteiger partial charge in [-0.2, -0.15) is 13.2 Å². The van der Waals surface area contributed by atoms with Crippen LogP contribution in [0.2, 0.25) is 0 Å². The number of likely N-dealkylation sites (N-methyl/N-ethyl adjacent to an activating group) is 2. The summed E-state index contributed by atoms with van der Waals surface area (Å²) < 4.78 is 38.7. The van der Waals surface area contributed by atoms with E-state index in [1.165, 1.54) is 38.1 Å². The predicted octanol–water partition coefficient (Wildman–Crippen LogP) is 1.51. The molecular weight excluding hydrogens is 355 g/mol. The molecule has 0 aliphatic carbocycles. The molecule has 0 saturated heterocycles. The topological polar surface area (TPSA) is 90.0 Å². The highest BCUT2D eigenvalue weighted by molar-refractivity contribution is 5.95. The summed E-state index contributed by atoms with van der Waals surface area (Å²) in [4.78, 5) is 37.1. The molecule has 0 heterocycles. The average Bonchev–Trinajstić information content (AvgIpc) is 2.53. The van der Waals surface area contributed by atoms with E-state index in [1.807, 2.05) is 0 Å². The van der Waals surface area contributed by atoms with Gasteiger partial charge in [-0.05, 0) is 26.1 Å². The number of alkyl halides is 3. The normalized spacial score (nSPS) is 12.6. The standard InChI is InChI=1S/C16H20F3N3O4/c1-10(15(25)26)21(2)9-14(24)22(3)8-13(23)20-12-7-5-4-6-11(12)16(17,18)19/h4-7,10H,8-9H2,1-3H3,(H,20,23)(H,25,26). The number of hydrogen-bond acceptors (Lipinski definition) is 4. The second-order valence-corrected chi connectivity index (χ2v) is 5.77. The molecule has 2 amide bonds. The van der Waals surface area contributed by atoms with E-state index in [9.17, 15) is 27.6 Å². The molecule has 26 heavy (non-hydrogen) atoms. The number of nitrogens with one attached hydrogen (secondary N) is 1. The van der Waals surface area contributed by atoms with Crippen molar-refractivity contribution in [1.29, 1.82) is 0 Å². The van der Waals surface area contributed by atoms with E-state index >= 15 is 0 Å². The van der Waals surface area contributed by atoms with E-state index in [1.54, 1.807) is 0 Å². The highest BCUT2D eigenvalue weighted by atomic mass is 19.4. The zero-order valence-electron chi connectivity index (χ0n) is 14.5. The molecule has 7 nitrogen and oxygen atoms in total. The Labute approximate surface area is 148 Å². The van der Waals surface area contributed by atoms with Crippen LogP contribution < -0.4 is 5.32 Å². The highest BCUT2D eigenvalue weighted by Gasteiger charge is 2.33. The van der Waals surface area contributed by atoms with Gasteiger partial charge in [0.15, 0.2) is 0 Å². The molecule has 0 radical (unpaired) electrons. The minimum absolute atomic E-state index is 0.254. The van der Waals surface area contributed by atoms with Gasteiger partial charge in [0.1, 0.15) is 6.04 Å². The number of carbonyl (C=O) groups is 3. The number of rotatable bonds is 7. The number of nitrogens with zero attached hydrogens (tertiary/aromatic N) is 2. The number of benzene rings is 1. The van der Waals surface area contributed by atoms with Gasteiger partial charge >= 0.3 is 12.1 Å². The van der Waals surface area contributed by atoms with Crippen molar-refractivity contribution < 1.29 is 32.7 Å². The predicted molar refractivity (Wildman–Crippen MR) is 87.4 cm³/mol. The SMILES string of the molecule is CC(C(=O)O)N(C)CC(=O)N(C)CC(=O)Nc1ccccc1C(F)(F)F. The van der Waals surface area contributed by atoms with Crippen molar-refractivity contribution in [3.8, 4) is 0 Å². The van der Waals surface area contributed by atoms with E-state index < -0.39 is 47.8 Å². The summed E-state index contributed by atoms with van der Waals surface area (Å²) >= 11 is 0. The molecular formula is C16H20F3N3O4. The van der Waals surface area contributed by atoms with E-state index in [4.69, 9.17) is 5.11 Å². The second kappa shape index (κ2) is 8.65. The number of carbonyl (C=O) groups excluding carboxylic acids is 2. The molecule has 1 unspecified atom stereocenters. The van der Waals surface area contributed by atoms with Gasteiger partial charge in [0, 0.05) is 7.05 Å². The lowest BCUT2D eigenvalue weighted by atomic mass is 10.1. The monoisotopic (exact) mass is 375 g/mol. The summed E-state index contributed by atoms with van der Waals surface area (Å²) in [5.74, 6) is -2.45. The Morgan fingerprint density at radius 1 is 1.15 bits per heavy atom. The molecule has 0 bridgehead atoms. The molecule has 1 rings (SSSR count). The number of hydrogen-bond donors (Lipinski definition) is 2. The molecule has 1 aromatic rings. The van der Waals surface area contributed by atoms with Crippen LogP contribution in [0.5, 0.6) is 0 Å². The molecule has 0 saturated carbocycles. The van der Waals surface area contributed by atoms with Gasteiger partial charge in [0.25, 0.3) is 0 Å². The van der Waals surface area contributed by atoms with Crippen molar-refractivity contribution in [3.63, 3.8) is 0 Å². The lowest BCUT2D eigenvalue weighted by Gasteiger charge is -2.24. The number of para-hydroxylation sites is 1. The third-order valence-corrected chi connectivity index (χ3v) is 3.72. The molecule has 0 aromatic heterocycles. The fourth-order valence-electron chi connectivity index (χ4n) is 1.99. The molecule has 1 aromatic carbocycles. The molecule has 1 atom stereocenters. The Hall–Kier alpha value is -2.62. The first-order valence-electron chi connectivity index (χ1n) is 7.56. The van der Waals surface area contributed by atoms with Crippen molar-refractivity contribution >= 4 is 23.5 Å². The van der Waals surface area contributed by atoms with Crippen LogP contribution >= 0.6 is 0 Å². The summed E-state index contributed by atoms with van der Waals surface area (Å²) in [6.07, 6.45) is -4.62. The molecule has 144 valence electrons. The highest BCUT2D eigenvalue weighted by Crippen LogP contribution is 2.34. The fourth-order valence-corrected chi connectivity index (χ4v) is 1.99. The van der Waals surface area contributed by atoms with Crippen LogP contribution in [0.4, 0.5) is 18.9 Å². The zero-order chi connectivity index (χ0) is 20.1. The lowest BCUT2D eigenvalue weighted by molar-refractivity contribution is -0.144. The quantitative estimate of drug-likeness (QED) is 0.754.